The summed E-state index contributed by atoms with van der Waals surface area (Å²) >= 11 is 0. The second kappa shape index (κ2) is 6.07. The normalized spacial score (nSPS) is 15.2. The number of aromatic hydroxyl groups is 3. The van der Waals surface area contributed by atoms with Crippen LogP contribution in [0.3, 0.4) is 0 Å². The Morgan fingerprint density at radius 2 is 1.84 bits per heavy atom. The van der Waals surface area contributed by atoms with Gasteiger partial charge in [0.15, 0.2) is 0 Å². The summed E-state index contributed by atoms with van der Waals surface area (Å²) < 4.78 is 0. The molecule has 1 aliphatic rings. The van der Waals surface area contributed by atoms with Crippen molar-refractivity contribution in [3.8, 4) is 17.2 Å². The molecule has 0 fully saturated rings. The minimum absolute atomic E-state index is 0.0927. The molecule has 7 heteroatoms. The van der Waals surface area contributed by atoms with Crippen molar-refractivity contribution in [1.82, 2.24) is 14.9 Å². The fraction of sp³-hybridized carbons (Fsp3) is 0.444. The zero-order chi connectivity index (χ0) is 18.4. The van der Waals surface area contributed by atoms with Crippen LogP contribution in [0.25, 0.3) is 0 Å². The number of aromatic amines is 1. The van der Waals surface area contributed by atoms with Gasteiger partial charge in [0.2, 0.25) is 0 Å². The molecule has 1 aliphatic heterocycles. The van der Waals surface area contributed by atoms with Crippen LogP contribution >= 0.6 is 0 Å². The van der Waals surface area contributed by atoms with Gasteiger partial charge in [-0.2, -0.15) is 0 Å². The van der Waals surface area contributed by atoms with Gasteiger partial charge in [0, 0.05) is 48.3 Å². The third-order valence-electron chi connectivity index (χ3n) is 4.43. The molecule has 1 aromatic carbocycles. The predicted octanol–water partition coefficient (Wildman–Crippen LogP) is 1.74. The summed E-state index contributed by atoms with van der Waals surface area (Å²) in [6.07, 6.45) is 0.557. The van der Waals surface area contributed by atoms with Crippen LogP contribution in [0.1, 0.15) is 43.4 Å². The van der Waals surface area contributed by atoms with Crippen molar-refractivity contribution in [2.24, 2.45) is 0 Å². The molecule has 4 N–H and O–H groups in total. The molecule has 0 saturated carbocycles. The summed E-state index contributed by atoms with van der Waals surface area (Å²) in [4.78, 5) is 21.8. The molecular formula is C18H23N3O4. The van der Waals surface area contributed by atoms with E-state index in [0.29, 0.717) is 43.0 Å². The monoisotopic (exact) mass is 345 g/mol. The van der Waals surface area contributed by atoms with Crippen LogP contribution < -0.4 is 5.56 Å². The first-order valence-corrected chi connectivity index (χ1v) is 8.24. The highest BCUT2D eigenvalue weighted by atomic mass is 16.3. The molecule has 2 aromatic rings. The predicted molar refractivity (Wildman–Crippen MR) is 92.8 cm³/mol. The van der Waals surface area contributed by atoms with E-state index in [1.165, 1.54) is 12.1 Å². The Hall–Kier alpha value is -2.54. The van der Waals surface area contributed by atoms with Gasteiger partial charge < -0.3 is 20.3 Å². The highest BCUT2D eigenvalue weighted by molar-refractivity contribution is 5.48. The van der Waals surface area contributed by atoms with Crippen molar-refractivity contribution in [2.75, 3.05) is 6.54 Å². The third-order valence-corrected chi connectivity index (χ3v) is 4.43. The SMILES string of the molecule is CC(C)(C)c1nc2c(c(=O)[nH]1)CCN(Cc1c(O)cc(O)cc1O)C2. The zero-order valence-corrected chi connectivity index (χ0v) is 14.6. The van der Waals surface area contributed by atoms with Gasteiger partial charge in [-0.3, -0.25) is 9.69 Å². The number of hydrogen-bond acceptors (Lipinski definition) is 6. The van der Waals surface area contributed by atoms with Gasteiger partial charge in [-0.15, -0.1) is 0 Å². The summed E-state index contributed by atoms with van der Waals surface area (Å²) in [6.45, 7) is 7.35. The molecule has 0 aliphatic carbocycles. The molecule has 1 aromatic heterocycles. The fourth-order valence-electron chi connectivity index (χ4n) is 3.00. The van der Waals surface area contributed by atoms with Crippen LogP contribution in [0, 0.1) is 0 Å². The van der Waals surface area contributed by atoms with Crippen molar-refractivity contribution >= 4 is 0 Å². The summed E-state index contributed by atoms with van der Waals surface area (Å²) in [5.41, 5.74) is 1.43. The molecule has 25 heavy (non-hydrogen) atoms. The topological polar surface area (TPSA) is 110 Å². The van der Waals surface area contributed by atoms with Crippen LogP contribution in [0.4, 0.5) is 0 Å². The van der Waals surface area contributed by atoms with Gasteiger partial charge in [0.25, 0.3) is 5.56 Å². The minimum Gasteiger partial charge on any atom is -0.508 e. The molecular weight excluding hydrogens is 322 g/mol. The van der Waals surface area contributed by atoms with E-state index in [2.05, 4.69) is 9.97 Å². The lowest BCUT2D eigenvalue weighted by Crippen LogP contribution is -2.36. The second-order valence-electron chi connectivity index (χ2n) is 7.51. The maximum absolute atomic E-state index is 12.3. The number of nitrogens with one attached hydrogen (secondary N) is 1. The number of fused-ring (bicyclic) bond motifs is 1. The maximum Gasteiger partial charge on any atom is 0.254 e. The summed E-state index contributed by atoms with van der Waals surface area (Å²) in [7, 11) is 0. The van der Waals surface area contributed by atoms with Crippen molar-refractivity contribution < 1.29 is 15.3 Å². The van der Waals surface area contributed by atoms with Gasteiger partial charge in [-0.1, -0.05) is 20.8 Å². The van der Waals surface area contributed by atoms with E-state index in [-0.39, 0.29) is 28.2 Å². The van der Waals surface area contributed by atoms with Crippen LogP contribution in [0.15, 0.2) is 16.9 Å². The quantitative estimate of drug-likeness (QED) is 0.660. The fourth-order valence-corrected chi connectivity index (χ4v) is 3.00. The molecule has 0 bridgehead atoms. The lowest BCUT2D eigenvalue weighted by atomic mass is 9.95. The first-order valence-electron chi connectivity index (χ1n) is 8.24. The second-order valence-corrected chi connectivity index (χ2v) is 7.51. The summed E-state index contributed by atoms with van der Waals surface area (Å²) in [5.74, 6) is 0.147. The van der Waals surface area contributed by atoms with E-state index in [1.807, 2.05) is 25.7 Å². The van der Waals surface area contributed by atoms with Gasteiger partial charge in [-0.25, -0.2) is 4.98 Å². The number of H-pyrrole nitrogens is 1. The van der Waals surface area contributed by atoms with E-state index in [1.54, 1.807) is 0 Å². The number of phenols is 3. The zero-order valence-electron chi connectivity index (χ0n) is 14.6. The lowest BCUT2D eigenvalue weighted by molar-refractivity contribution is 0.233. The average molecular weight is 345 g/mol. The standard InChI is InChI=1S/C18H23N3O4/c1-18(2,3)17-19-13-9-21(5-4-11(13)16(25)20-17)8-12-14(23)6-10(22)7-15(12)24/h6-7,22-24H,4-5,8-9H2,1-3H3,(H,19,20,25). The first-order chi connectivity index (χ1) is 11.6. The van der Waals surface area contributed by atoms with E-state index in [0.717, 1.165) is 5.69 Å². The van der Waals surface area contributed by atoms with Crippen LogP contribution in [-0.2, 0) is 24.9 Å². The molecule has 0 atom stereocenters. The van der Waals surface area contributed by atoms with E-state index < -0.39 is 0 Å². The van der Waals surface area contributed by atoms with Crippen molar-refractivity contribution in [2.45, 2.75) is 45.7 Å². The van der Waals surface area contributed by atoms with Gasteiger partial charge in [0.05, 0.1) is 5.69 Å². The number of nitrogens with zero attached hydrogens (tertiary/aromatic N) is 2. The van der Waals surface area contributed by atoms with Crippen molar-refractivity contribution in [3.63, 3.8) is 0 Å². The molecule has 7 nitrogen and oxygen atoms in total. The Bertz CT molecular complexity index is 845. The lowest BCUT2D eigenvalue weighted by Gasteiger charge is -2.29. The molecule has 3 rings (SSSR count). The molecule has 0 amide bonds. The number of benzene rings is 1. The van der Waals surface area contributed by atoms with E-state index >= 15 is 0 Å². The number of hydrogen-bond donors (Lipinski definition) is 4. The number of phenolic OH excluding ortho intramolecular Hbond substituents is 3. The molecule has 0 unspecified atom stereocenters. The van der Waals surface area contributed by atoms with Crippen LogP contribution in [0.2, 0.25) is 0 Å². The highest BCUT2D eigenvalue weighted by Crippen LogP contribution is 2.33. The smallest absolute Gasteiger partial charge is 0.254 e. The highest BCUT2D eigenvalue weighted by Gasteiger charge is 2.25. The maximum atomic E-state index is 12.3. The Labute approximate surface area is 145 Å². The van der Waals surface area contributed by atoms with Gasteiger partial charge in [0.1, 0.15) is 23.1 Å². The molecule has 2 heterocycles. The molecule has 0 radical (unpaired) electrons. The number of rotatable bonds is 2. The first kappa shape index (κ1) is 17.3. The van der Waals surface area contributed by atoms with Gasteiger partial charge >= 0.3 is 0 Å². The van der Waals surface area contributed by atoms with Crippen LogP contribution in [-0.4, -0.2) is 36.7 Å². The Morgan fingerprint density at radius 1 is 1.20 bits per heavy atom. The number of aromatic nitrogens is 2. The van der Waals surface area contributed by atoms with Crippen molar-refractivity contribution in [1.29, 1.82) is 0 Å². The van der Waals surface area contributed by atoms with Crippen LogP contribution in [0.5, 0.6) is 17.2 Å². The Kier molecular flexibility index (Phi) is 4.20. The molecule has 134 valence electrons. The Balaban J connectivity index is 1.89. The Morgan fingerprint density at radius 3 is 2.44 bits per heavy atom. The average Bonchev–Trinajstić information content (AvgIpc) is 2.49. The summed E-state index contributed by atoms with van der Waals surface area (Å²) in [6, 6.07) is 2.40. The van der Waals surface area contributed by atoms with Gasteiger partial charge in [-0.05, 0) is 6.42 Å². The third kappa shape index (κ3) is 3.46. The van der Waals surface area contributed by atoms with E-state index in [4.69, 9.17) is 0 Å². The molecule has 0 spiro atoms. The van der Waals surface area contributed by atoms with Crippen molar-refractivity contribution in [3.05, 3.63) is 45.1 Å². The minimum atomic E-state index is -0.260. The molecule has 0 saturated heterocycles. The van der Waals surface area contributed by atoms with E-state index in [9.17, 15) is 20.1 Å². The summed E-state index contributed by atoms with van der Waals surface area (Å²) in [5, 5.41) is 29.4. The largest absolute Gasteiger partial charge is 0.508 e.